The van der Waals surface area contributed by atoms with Gasteiger partial charge in [0.2, 0.25) is 0 Å². The van der Waals surface area contributed by atoms with Crippen LogP contribution in [0.15, 0.2) is 46.8 Å². The van der Waals surface area contributed by atoms with E-state index >= 15 is 4.79 Å². The van der Waals surface area contributed by atoms with E-state index in [0.717, 1.165) is 43.4 Å². The third-order valence-corrected chi connectivity index (χ3v) is 19.6. The van der Waals surface area contributed by atoms with Gasteiger partial charge in [-0.1, -0.05) is 51.3 Å². The lowest BCUT2D eigenvalue weighted by molar-refractivity contribution is -0.255. The van der Waals surface area contributed by atoms with E-state index in [0.29, 0.717) is 56.4 Å². The molecule has 20 unspecified atom stereocenters. The molecule has 0 aromatic carbocycles. The number of hydrogen-bond acceptors (Lipinski definition) is 13. The number of ketones is 1. The number of carbonyl (C=O) groups excluding carboxylic acids is 1. The van der Waals surface area contributed by atoms with Crippen LogP contribution in [0.25, 0.3) is 0 Å². The van der Waals surface area contributed by atoms with Crippen LogP contribution < -0.4 is 16.4 Å². The minimum atomic E-state index is -1.79. The summed E-state index contributed by atoms with van der Waals surface area (Å²) in [5.74, 6) is -2.22. The number of nitrogens with two attached hydrogens (primary N) is 1. The molecular formula is C52H81N3O10. The van der Waals surface area contributed by atoms with E-state index in [2.05, 4.69) is 29.7 Å². The Balaban J connectivity index is 1.17. The summed E-state index contributed by atoms with van der Waals surface area (Å²) in [4.78, 5) is 15.5. The van der Waals surface area contributed by atoms with E-state index in [1.165, 1.54) is 6.42 Å². The van der Waals surface area contributed by atoms with Crippen molar-refractivity contribution < 1.29 is 50.4 Å². The summed E-state index contributed by atoms with van der Waals surface area (Å²) >= 11 is 0. The summed E-state index contributed by atoms with van der Waals surface area (Å²) in [6, 6.07) is 0. The Morgan fingerprint density at radius 2 is 1.77 bits per heavy atom. The Bertz CT molecular complexity index is 1930. The first-order chi connectivity index (χ1) is 30.8. The van der Waals surface area contributed by atoms with Crippen LogP contribution in [0, 0.1) is 58.2 Å². The topological polar surface area (TPSA) is 238 Å². The minimum Gasteiger partial charge on any atom is -0.396 e. The SMILES string of the molecule is CCCC1CCC2OC3C(C(O)CCCC3(O)C(C)(O)C3CCC4(O)C5=C(NCC(C)O)C(=O)C6CC(O)C(O)CC67CC(C6=C(CCCO)NC(N)C=C6)C=CC(CC34C)C57)C2CC1. The molecule has 65 heavy (non-hydrogen) atoms. The van der Waals surface area contributed by atoms with Crippen molar-refractivity contribution in [2.24, 2.45) is 63.9 Å². The molecule has 9 aliphatic rings. The van der Waals surface area contributed by atoms with Crippen molar-refractivity contribution in [3.05, 3.63) is 46.8 Å². The Labute approximate surface area is 386 Å². The van der Waals surface area contributed by atoms with Gasteiger partial charge in [-0.15, -0.1) is 0 Å². The third-order valence-electron chi connectivity index (χ3n) is 19.6. The van der Waals surface area contributed by atoms with E-state index < -0.39 is 82.1 Å². The van der Waals surface area contributed by atoms with Crippen molar-refractivity contribution in [3.63, 3.8) is 0 Å². The molecule has 13 nitrogen and oxygen atoms in total. The maximum atomic E-state index is 15.5. The van der Waals surface area contributed by atoms with Gasteiger partial charge < -0.3 is 62.0 Å². The van der Waals surface area contributed by atoms with Gasteiger partial charge in [0, 0.05) is 42.0 Å². The van der Waals surface area contributed by atoms with Crippen LogP contribution in [-0.4, -0.2) is 119 Å². The molecule has 5 saturated carbocycles. The summed E-state index contributed by atoms with van der Waals surface area (Å²) in [6.07, 6.45) is 13.5. The van der Waals surface area contributed by atoms with Gasteiger partial charge in [-0.05, 0) is 156 Å². The van der Waals surface area contributed by atoms with Crippen molar-refractivity contribution in [1.82, 2.24) is 10.6 Å². The highest BCUT2D eigenvalue weighted by atomic mass is 16.5. The number of rotatable bonds is 11. The lowest BCUT2D eigenvalue weighted by atomic mass is 9.41. The second kappa shape index (κ2) is 17.7. The van der Waals surface area contributed by atoms with Gasteiger partial charge in [0.05, 0.1) is 59.7 Å². The summed E-state index contributed by atoms with van der Waals surface area (Å²) in [7, 11) is 0. The van der Waals surface area contributed by atoms with Gasteiger partial charge in [0.15, 0.2) is 5.78 Å². The standard InChI is InChI=1S/C52H81N3O10/c1-5-8-29-11-15-33-39(17-12-29)65-47-42(33)36(58)10-6-20-52(47,64)49(4,62)40-19-21-51(63)44-43-31(24-48(40,51)3)14-13-30(32-16-18-41(53)55-35(32)9-7-22-56)25-50(43)26-38(60)37(59)23-34(50)46(61)45(44)54-27-28(2)57/h13-14,16,18,28-31,33-34,36-43,47,54-60,62-64H,5-12,15,17,19-27,53H2,1-4H3. The van der Waals surface area contributed by atoms with Crippen molar-refractivity contribution in [3.8, 4) is 0 Å². The highest BCUT2D eigenvalue weighted by Gasteiger charge is 2.75. The molecule has 9 rings (SSSR count). The van der Waals surface area contributed by atoms with Crippen LogP contribution in [0.5, 0.6) is 0 Å². The third kappa shape index (κ3) is 7.50. The molecule has 364 valence electrons. The Morgan fingerprint density at radius 1 is 1.00 bits per heavy atom. The number of aliphatic hydroxyl groups is 8. The van der Waals surface area contributed by atoms with E-state index in [9.17, 15) is 40.9 Å². The molecule has 6 fully saturated rings. The molecule has 20 atom stereocenters. The van der Waals surface area contributed by atoms with Crippen molar-refractivity contribution in [2.75, 3.05) is 13.2 Å². The van der Waals surface area contributed by atoms with Gasteiger partial charge in [-0.25, -0.2) is 0 Å². The number of ether oxygens (including phenoxy) is 1. The summed E-state index contributed by atoms with van der Waals surface area (Å²) in [5, 5.41) is 103. The lowest BCUT2D eigenvalue weighted by Gasteiger charge is -2.64. The number of hydrogen-bond donors (Lipinski definition) is 11. The van der Waals surface area contributed by atoms with Crippen LogP contribution >= 0.6 is 0 Å². The van der Waals surface area contributed by atoms with E-state index in [4.69, 9.17) is 10.5 Å². The van der Waals surface area contributed by atoms with Crippen molar-refractivity contribution >= 4 is 5.78 Å². The maximum absolute atomic E-state index is 15.5. The molecule has 0 radical (unpaired) electrons. The summed E-state index contributed by atoms with van der Waals surface area (Å²) in [6.45, 7) is 7.70. The summed E-state index contributed by atoms with van der Waals surface area (Å²) in [5.41, 5.74) is 1.92. The monoisotopic (exact) mass is 908 g/mol. The zero-order valence-electron chi connectivity index (χ0n) is 39.4. The lowest BCUT2D eigenvalue weighted by Crippen LogP contribution is -2.70. The van der Waals surface area contributed by atoms with Crippen LogP contribution in [0.2, 0.25) is 0 Å². The Morgan fingerprint density at radius 3 is 2.51 bits per heavy atom. The Hall–Kier alpha value is -2.17. The fourth-order valence-electron chi connectivity index (χ4n) is 16.6. The van der Waals surface area contributed by atoms with Gasteiger partial charge in [0.1, 0.15) is 5.60 Å². The molecule has 0 bridgehead atoms. The van der Waals surface area contributed by atoms with Gasteiger partial charge in [-0.3, -0.25) is 4.79 Å². The largest absolute Gasteiger partial charge is 0.396 e. The number of fused-ring (bicyclic) bond motifs is 5. The number of nitrogens with one attached hydrogen (secondary N) is 2. The molecule has 1 spiro atoms. The number of aliphatic hydroxyl groups excluding tert-OH is 5. The second-order valence-corrected chi connectivity index (χ2v) is 23.1. The molecular weight excluding hydrogens is 827 g/mol. The first kappa shape index (κ1) is 47.9. The van der Waals surface area contributed by atoms with Crippen LogP contribution in [0.4, 0.5) is 0 Å². The number of dihydropyridines is 1. The number of Topliss-reactive ketones (excluding diaryl/α,β-unsaturated/α-hetero) is 1. The van der Waals surface area contributed by atoms with Gasteiger partial charge >= 0.3 is 0 Å². The predicted octanol–water partition coefficient (Wildman–Crippen LogP) is 3.76. The van der Waals surface area contributed by atoms with Gasteiger partial charge in [-0.2, -0.15) is 0 Å². The molecule has 7 aliphatic carbocycles. The highest BCUT2D eigenvalue weighted by molar-refractivity contribution is 6.00. The zero-order chi connectivity index (χ0) is 46.4. The average molecular weight is 908 g/mol. The van der Waals surface area contributed by atoms with E-state index in [-0.39, 0.29) is 80.1 Å². The second-order valence-electron chi connectivity index (χ2n) is 23.1. The van der Waals surface area contributed by atoms with E-state index in [1.54, 1.807) is 13.8 Å². The van der Waals surface area contributed by atoms with Crippen LogP contribution in [-0.2, 0) is 9.53 Å². The fourth-order valence-corrected chi connectivity index (χ4v) is 16.6. The molecule has 12 N–H and O–H groups in total. The predicted molar refractivity (Wildman–Crippen MR) is 245 cm³/mol. The van der Waals surface area contributed by atoms with Crippen LogP contribution in [0.3, 0.4) is 0 Å². The summed E-state index contributed by atoms with van der Waals surface area (Å²) < 4.78 is 7.01. The molecule has 2 heterocycles. The molecule has 0 aromatic heterocycles. The smallest absolute Gasteiger partial charge is 0.182 e. The first-order valence-corrected chi connectivity index (χ1v) is 25.6. The molecule has 0 aromatic rings. The zero-order valence-corrected chi connectivity index (χ0v) is 39.4. The molecule has 2 aliphatic heterocycles. The highest BCUT2D eigenvalue weighted by Crippen LogP contribution is 2.73. The molecule has 0 amide bonds. The van der Waals surface area contributed by atoms with Crippen LogP contribution in [0.1, 0.15) is 137 Å². The molecule has 13 heteroatoms. The van der Waals surface area contributed by atoms with Crippen molar-refractivity contribution in [1.29, 1.82) is 0 Å². The minimum absolute atomic E-state index is 0.00895. The number of allylic oxidation sites excluding steroid dienone is 6. The Kier molecular flexibility index (Phi) is 13.0. The maximum Gasteiger partial charge on any atom is 0.182 e. The molecule has 1 saturated heterocycles. The first-order valence-electron chi connectivity index (χ1n) is 25.6. The van der Waals surface area contributed by atoms with Gasteiger partial charge in [0.25, 0.3) is 0 Å². The normalized spacial score (nSPS) is 48.4. The van der Waals surface area contributed by atoms with E-state index in [1.807, 2.05) is 19.1 Å². The number of carbonyl (C=O) groups is 1. The average Bonchev–Trinajstić information content (AvgIpc) is 3.56. The van der Waals surface area contributed by atoms with Crippen molar-refractivity contribution in [2.45, 2.75) is 196 Å². The fraction of sp³-hybridized carbons (Fsp3) is 0.827. The quantitative estimate of drug-likeness (QED) is 0.133.